The Morgan fingerprint density at radius 2 is 1.57 bits per heavy atom. The Kier molecular flexibility index (Phi) is 13.6. The van der Waals surface area contributed by atoms with E-state index in [0.29, 0.717) is 35.8 Å². The van der Waals surface area contributed by atoms with Gasteiger partial charge in [0.15, 0.2) is 0 Å². The average Bonchev–Trinajstić information content (AvgIpc) is 2.99. The number of aryl methyl sites for hydroxylation is 1. The summed E-state index contributed by atoms with van der Waals surface area (Å²) < 4.78 is 40.2. The van der Waals surface area contributed by atoms with Crippen LogP contribution >= 0.6 is 0 Å². The molecule has 2 amide bonds. The predicted molar refractivity (Wildman–Crippen MR) is 170 cm³/mol. The molecule has 3 aromatic rings. The molecule has 7 nitrogen and oxygen atoms in total. The Balaban J connectivity index is 1.80. The maximum absolute atomic E-state index is 14.0. The molecular formula is C34H43F2N3O4S. The van der Waals surface area contributed by atoms with E-state index >= 15 is 0 Å². The lowest BCUT2D eigenvalue weighted by Gasteiger charge is -2.25. The Hall–Kier alpha value is -3.47. The van der Waals surface area contributed by atoms with Gasteiger partial charge in [-0.1, -0.05) is 32.9 Å². The number of halogens is 2. The van der Waals surface area contributed by atoms with Crippen molar-refractivity contribution in [3.63, 3.8) is 0 Å². The minimum Gasteiger partial charge on any atom is -0.390 e. The van der Waals surface area contributed by atoms with Crippen LogP contribution in [0.4, 0.5) is 8.78 Å². The van der Waals surface area contributed by atoms with Gasteiger partial charge in [0.1, 0.15) is 11.6 Å². The topological polar surface area (TPSA) is 98.7 Å². The lowest BCUT2D eigenvalue weighted by atomic mass is 9.99. The molecule has 3 atom stereocenters. The molecule has 44 heavy (non-hydrogen) atoms. The van der Waals surface area contributed by atoms with Crippen LogP contribution in [0.1, 0.15) is 71.0 Å². The van der Waals surface area contributed by atoms with Crippen LogP contribution in [0.5, 0.6) is 0 Å². The van der Waals surface area contributed by atoms with E-state index in [4.69, 9.17) is 0 Å². The van der Waals surface area contributed by atoms with Crippen molar-refractivity contribution >= 4 is 22.6 Å². The number of aliphatic hydroxyl groups excluding tert-OH is 1. The minimum absolute atomic E-state index is 0.0351. The van der Waals surface area contributed by atoms with E-state index in [1.165, 1.54) is 12.1 Å². The summed E-state index contributed by atoms with van der Waals surface area (Å²) in [5.41, 5.74) is 2.52. The third-order valence-electron chi connectivity index (χ3n) is 7.13. The van der Waals surface area contributed by atoms with E-state index in [-0.39, 0.29) is 30.0 Å². The first-order valence-corrected chi connectivity index (χ1v) is 16.4. The summed E-state index contributed by atoms with van der Waals surface area (Å²) in [6, 6.07) is 14.5. The number of carbonyl (C=O) groups is 2. The lowest BCUT2D eigenvalue weighted by molar-refractivity contribution is 0.0755. The molecule has 0 heterocycles. The first kappa shape index (κ1) is 35.0. The third kappa shape index (κ3) is 10.3. The van der Waals surface area contributed by atoms with Crippen molar-refractivity contribution in [2.45, 2.75) is 70.5 Å². The van der Waals surface area contributed by atoms with Gasteiger partial charge >= 0.3 is 0 Å². The highest BCUT2D eigenvalue weighted by atomic mass is 32.2. The number of amides is 2. The van der Waals surface area contributed by atoms with Crippen molar-refractivity contribution in [1.29, 1.82) is 0 Å². The molecule has 0 radical (unpaired) electrons. The molecule has 0 saturated heterocycles. The maximum atomic E-state index is 14.0. The molecule has 0 saturated carbocycles. The number of rotatable bonds is 16. The van der Waals surface area contributed by atoms with Crippen molar-refractivity contribution in [1.82, 2.24) is 15.5 Å². The molecule has 3 unspecified atom stereocenters. The molecule has 3 N–H and O–H groups in total. The van der Waals surface area contributed by atoms with Crippen LogP contribution in [-0.4, -0.2) is 63.6 Å². The van der Waals surface area contributed by atoms with E-state index in [2.05, 4.69) is 10.6 Å². The Labute approximate surface area is 261 Å². The SMILES string of the molecule is CCCN(CCC)C(=O)c1cc(C)cc(C(=O)NC(Cc2cc(F)cc(F)c2)C(O)CNCc2cccc(S(=O)CC)c2)c1. The lowest BCUT2D eigenvalue weighted by Crippen LogP contribution is -2.48. The Morgan fingerprint density at radius 3 is 2.20 bits per heavy atom. The normalized spacial score (nSPS) is 13.2. The highest BCUT2D eigenvalue weighted by Gasteiger charge is 2.24. The number of nitrogens with one attached hydrogen (secondary N) is 2. The first-order valence-electron chi connectivity index (χ1n) is 15.1. The van der Waals surface area contributed by atoms with Crippen molar-refractivity contribution < 1.29 is 27.7 Å². The number of hydrogen-bond acceptors (Lipinski definition) is 5. The standard InChI is InChI=1S/C34H43F2N3O4S/c1-5-11-39(12-6-2)34(42)27-14-23(4)13-26(19-27)33(41)38-31(18-25-15-28(35)20-29(36)16-25)32(40)22-37-21-24-9-8-10-30(17-24)44(43)7-3/h8-10,13-17,19-20,31-32,37,40H,5-7,11-12,18,21-22H2,1-4H3,(H,38,41). The van der Waals surface area contributed by atoms with Crippen molar-refractivity contribution in [2.24, 2.45) is 0 Å². The van der Waals surface area contributed by atoms with Crippen LogP contribution in [-0.2, 0) is 23.8 Å². The van der Waals surface area contributed by atoms with Gasteiger partial charge in [-0.2, -0.15) is 0 Å². The largest absolute Gasteiger partial charge is 0.390 e. The van der Waals surface area contributed by atoms with Gasteiger partial charge in [-0.3, -0.25) is 13.8 Å². The quantitative estimate of drug-likeness (QED) is 0.204. The van der Waals surface area contributed by atoms with Crippen LogP contribution in [0.15, 0.2) is 65.6 Å². The van der Waals surface area contributed by atoms with Gasteiger partial charge in [0.25, 0.3) is 11.8 Å². The summed E-state index contributed by atoms with van der Waals surface area (Å²) in [6.07, 6.45) is 0.451. The number of benzene rings is 3. The van der Waals surface area contributed by atoms with Gasteiger partial charge < -0.3 is 20.6 Å². The molecule has 0 aromatic heterocycles. The summed E-state index contributed by atoms with van der Waals surface area (Å²) in [6.45, 7) is 9.29. The number of nitrogens with zero attached hydrogens (tertiary/aromatic N) is 1. The molecule has 0 bridgehead atoms. The summed E-state index contributed by atoms with van der Waals surface area (Å²) in [5.74, 6) is -1.69. The molecule has 0 spiro atoms. The molecule has 0 aliphatic carbocycles. The van der Waals surface area contributed by atoms with Gasteiger partial charge in [0, 0.05) is 54.0 Å². The first-order chi connectivity index (χ1) is 21.0. The fraction of sp³-hybridized carbons (Fsp3) is 0.412. The average molecular weight is 628 g/mol. The predicted octanol–water partition coefficient (Wildman–Crippen LogP) is 5.15. The van der Waals surface area contributed by atoms with E-state index in [1.54, 1.807) is 36.1 Å². The van der Waals surface area contributed by atoms with Gasteiger partial charge in [-0.25, -0.2) is 8.78 Å². The van der Waals surface area contributed by atoms with Crippen molar-refractivity contribution in [2.75, 3.05) is 25.4 Å². The molecule has 0 fully saturated rings. The molecular weight excluding hydrogens is 584 g/mol. The van der Waals surface area contributed by atoms with Gasteiger partial charge in [-0.15, -0.1) is 0 Å². The summed E-state index contributed by atoms with van der Waals surface area (Å²) >= 11 is 0. The smallest absolute Gasteiger partial charge is 0.253 e. The fourth-order valence-electron chi connectivity index (χ4n) is 5.06. The van der Waals surface area contributed by atoms with Crippen LogP contribution in [0, 0.1) is 18.6 Å². The zero-order valence-electron chi connectivity index (χ0n) is 25.9. The fourth-order valence-corrected chi connectivity index (χ4v) is 5.91. The van der Waals surface area contributed by atoms with Gasteiger partial charge in [-0.05, 0) is 85.3 Å². The Morgan fingerprint density at radius 1 is 0.909 bits per heavy atom. The maximum Gasteiger partial charge on any atom is 0.253 e. The van der Waals surface area contributed by atoms with E-state index in [0.717, 1.165) is 30.0 Å². The summed E-state index contributed by atoms with van der Waals surface area (Å²) in [4.78, 5) is 29.3. The van der Waals surface area contributed by atoms with Crippen LogP contribution in [0.25, 0.3) is 0 Å². The number of hydrogen-bond donors (Lipinski definition) is 3. The second kappa shape index (κ2) is 17.1. The third-order valence-corrected chi connectivity index (χ3v) is 8.43. The van der Waals surface area contributed by atoms with Crippen molar-refractivity contribution in [3.8, 4) is 0 Å². The highest BCUT2D eigenvalue weighted by molar-refractivity contribution is 7.85. The highest BCUT2D eigenvalue weighted by Crippen LogP contribution is 2.16. The monoisotopic (exact) mass is 627 g/mol. The van der Waals surface area contributed by atoms with Crippen LogP contribution in [0.3, 0.4) is 0 Å². The van der Waals surface area contributed by atoms with Gasteiger partial charge in [0.05, 0.1) is 22.9 Å². The minimum atomic E-state index is -1.13. The zero-order valence-corrected chi connectivity index (χ0v) is 26.7. The zero-order chi connectivity index (χ0) is 32.2. The van der Waals surface area contributed by atoms with Crippen LogP contribution in [0.2, 0.25) is 0 Å². The molecule has 0 aliphatic rings. The van der Waals surface area contributed by atoms with Gasteiger partial charge in [0.2, 0.25) is 0 Å². The summed E-state index contributed by atoms with van der Waals surface area (Å²) in [7, 11) is -1.10. The van der Waals surface area contributed by atoms with E-state index in [1.807, 2.05) is 39.0 Å². The molecule has 0 aliphatic heterocycles. The van der Waals surface area contributed by atoms with E-state index in [9.17, 15) is 27.7 Å². The second-order valence-electron chi connectivity index (χ2n) is 10.9. The van der Waals surface area contributed by atoms with E-state index < -0.39 is 40.5 Å². The Bertz CT molecular complexity index is 1430. The van der Waals surface area contributed by atoms with Crippen LogP contribution < -0.4 is 10.6 Å². The van der Waals surface area contributed by atoms with Crippen molar-refractivity contribution in [3.05, 3.63) is 100 Å². The summed E-state index contributed by atoms with van der Waals surface area (Å²) in [5, 5.41) is 17.2. The second-order valence-corrected chi connectivity index (χ2v) is 12.7. The molecule has 10 heteroatoms. The number of aliphatic hydroxyl groups is 1. The molecule has 3 rings (SSSR count). The molecule has 238 valence electrons. The number of carbonyl (C=O) groups excluding carboxylic acids is 2. The molecule has 3 aromatic carbocycles.